The van der Waals surface area contributed by atoms with E-state index in [0.29, 0.717) is 16.3 Å². The summed E-state index contributed by atoms with van der Waals surface area (Å²) in [7, 11) is 0. The lowest BCUT2D eigenvalue weighted by Gasteiger charge is -2.29. The van der Waals surface area contributed by atoms with Gasteiger partial charge < -0.3 is 15.1 Å². The Balaban J connectivity index is 2.10. The number of nitrogens with zero attached hydrogens (tertiary/aromatic N) is 2. The lowest BCUT2D eigenvalue weighted by atomic mass is 10.2. The topological polar surface area (TPSA) is 114 Å². The molecular formula is C16H19N5O3S2. The maximum Gasteiger partial charge on any atom is 0.328 e. The van der Waals surface area contributed by atoms with Gasteiger partial charge in [-0.3, -0.25) is 15.2 Å². The molecule has 1 aromatic carbocycles. The van der Waals surface area contributed by atoms with E-state index >= 15 is 0 Å². The molecule has 0 radical (unpaired) electrons. The molecule has 0 aliphatic carbocycles. The van der Waals surface area contributed by atoms with Crippen molar-refractivity contribution in [3.8, 4) is 0 Å². The van der Waals surface area contributed by atoms with Crippen molar-refractivity contribution in [2.75, 3.05) is 5.01 Å². The Hall–Kier alpha value is -2.59. The first kappa shape index (κ1) is 19.7. The zero-order valence-electron chi connectivity index (χ0n) is 14.3. The standard InChI is InChI=1S/C16H19N5O3S2/c1-9-3-5-11(6-4-9)21(10(2)14(23)24)20-13(22)8-7-12-17-15(25)19-16(26)18-12/h3-6,10H,7-8H2,1-2H3,(H,20,22)(H,23,24)(H2,17,18,19,25,26). The third kappa shape index (κ3) is 5.46. The number of aromatic amines is 2. The Labute approximate surface area is 160 Å². The number of carboxylic acids is 1. The first-order chi connectivity index (χ1) is 12.3. The summed E-state index contributed by atoms with van der Waals surface area (Å²) in [4.78, 5) is 33.3. The number of aliphatic carboxylic acids is 1. The number of amides is 1. The summed E-state index contributed by atoms with van der Waals surface area (Å²) in [6.45, 7) is 3.42. The van der Waals surface area contributed by atoms with Crippen molar-refractivity contribution in [3.05, 3.63) is 45.2 Å². The Morgan fingerprint density at radius 3 is 2.50 bits per heavy atom. The van der Waals surface area contributed by atoms with Crippen LogP contribution in [-0.2, 0) is 16.0 Å². The molecule has 0 saturated carbocycles. The van der Waals surface area contributed by atoms with E-state index in [9.17, 15) is 14.7 Å². The van der Waals surface area contributed by atoms with Crippen LogP contribution >= 0.6 is 24.4 Å². The number of hydrogen-bond acceptors (Lipinski definition) is 6. The number of carbonyl (C=O) groups excluding carboxylic acids is 1. The van der Waals surface area contributed by atoms with E-state index < -0.39 is 12.0 Å². The van der Waals surface area contributed by atoms with E-state index in [4.69, 9.17) is 24.4 Å². The van der Waals surface area contributed by atoms with Gasteiger partial charge in [-0.15, -0.1) is 0 Å². The maximum atomic E-state index is 12.3. The van der Waals surface area contributed by atoms with Gasteiger partial charge in [0.2, 0.25) is 10.7 Å². The van der Waals surface area contributed by atoms with E-state index in [1.807, 2.05) is 19.1 Å². The Bertz CT molecular complexity index is 879. The SMILES string of the molecule is Cc1ccc(N(NC(=O)CCc2nc(=S)[nH]c(=S)[nH]2)C(C)C(=O)O)cc1. The van der Waals surface area contributed by atoms with Gasteiger partial charge in [0.15, 0.2) is 4.77 Å². The molecule has 1 unspecified atom stereocenters. The van der Waals surface area contributed by atoms with E-state index in [-0.39, 0.29) is 23.5 Å². The predicted octanol–water partition coefficient (Wildman–Crippen LogP) is 2.45. The molecule has 1 heterocycles. The highest BCUT2D eigenvalue weighted by molar-refractivity contribution is 7.71. The average molecular weight is 393 g/mol. The van der Waals surface area contributed by atoms with E-state index in [1.165, 1.54) is 11.9 Å². The molecule has 10 heteroatoms. The molecule has 4 N–H and O–H groups in total. The number of hydrogen-bond donors (Lipinski definition) is 4. The number of benzene rings is 1. The molecular weight excluding hydrogens is 374 g/mol. The highest BCUT2D eigenvalue weighted by atomic mass is 32.1. The van der Waals surface area contributed by atoms with Gasteiger partial charge in [0, 0.05) is 12.8 Å². The van der Waals surface area contributed by atoms with Crippen LogP contribution in [0.5, 0.6) is 0 Å². The number of rotatable bonds is 7. The molecule has 0 aliphatic heterocycles. The Kier molecular flexibility index (Phi) is 6.58. The van der Waals surface area contributed by atoms with Crippen LogP contribution in [0.25, 0.3) is 0 Å². The molecule has 0 spiro atoms. The molecule has 1 amide bonds. The first-order valence-corrected chi connectivity index (χ1v) is 8.65. The van der Waals surface area contributed by atoms with Crippen LogP contribution in [0.1, 0.15) is 24.7 Å². The Morgan fingerprint density at radius 2 is 1.92 bits per heavy atom. The molecule has 1 atom stereocenters. The molecule has 0 aliphatic rings. The fraction of sp³-hybridized carbons (Fsp3) is 0.312. The van der Waals surface area contributed by atoms with Crippen molar-refractivity contribution in [2.45, 2.75) is 32.7 Å². The smallest absolute Gasteiger partial charge is 0.328 e. The van der Waals surface area contributed by atoms with Gasteiger partial charge in [0.05, 0.1) is 5.69 Å². The van der Waals surface area contributed by atoms with Crippen molar-refractivity contribution >= 4 is 42.0 Å². The lowest BCUT2D eigenvalue weighted by Crippen LogP contribution is -2.51. The molecule has 2 rings (SSSR count). The molecule has 8 nitrogen and oxygen atoms in total. The Morgan fingerprint density at radius 1 is 1.27 bits per heavy atom. The minimum Gasteiger partial charge on any atom is -0.480 e. The van der Waals surface area contributed by atoms with Crippen molar-refractivity contribution in [3.63, 3.8) is 0 Å². The van der Waals surface area contributed by atoms with E-state index in [1.54, 1.807) is 12.1 Å². The highest BCUT2D eigenvalue weighted by Crippen LogP contribution is 2.16. The molecule has 138 valence electrons. The highest BCUT2D eigenvalue weighted by Gasteiger charge is 2.23. The minimum atomic E-state index is -1.05. The summed E-state index contributed by atoms with van der Waals surface area (Å²) >= 11 is 9.93. The zero-order valence-corrected chi connectivity index (χ0v) is 15.9. The number of nitrogens with one attached hydrogen (secondary N) is 3. The summed E-state index contributed by atoms with van der Waals surface area (Å²) in [5.41, 5.74) is 4.26. The van der Waals surface area contributed by atoms with Crippen molar-refractivity contribution in [1.29, 1.82) is 0 Å². The molecule has 2 aromatic rings. The summed E-state index contributed by atoms with van der Waals surface area (Å²) in [6.07, 6.45) is 0.378. The van der Waals surface area contributed by atoms with E-state index in [2.05, 4.69) is 20.4 Å². The van der Waals surface area contributed by atoms with Crippen LogP contribution in [0.2, 0.25) is 0 Å². The van der Waals surface area contributed by atoms with Crippen LogP contribution < -0.4 is 10.4 Å². The predicted molar refractivity (Wildman–Crippen MR) is 102 cm³/mol. The first-order valence-electron chi connectivity index (χ1n) is 7.84. The van der Waals surface area contributed by atoms with Crippen LogP contribution in [0.4, 0.5) is 5.69 Å². The van der Waals surface area contributed by atoms with Gasteiger partial charge in [0.25, 0.3) is 0 Å². The van der Waals surface area contributed by atoms with Crippen LogP contribution in [0.15, 0.2) is 24.3 Å². The number of aryl methyl sites for hydroxylation is 2. The van der Waals surface area contributed by atoms with Crippen molar-refractivity contribution in [1.82, 2.24) is 20.4 Å². The zero-order chi connectivity index (χ0) is 19.3. The van der Waals surface area contributed by atoms with Crippen LogP contribution in [-0.4, -0.2) is 38.0 Å². The van der Waals surface area contributed by atoms with Gasteiger partial charge in [0.1, 0.15) is 11.9 Å². The second-order valence-corrected chi connectivity index (χ2v) is 6.49. The third-order valence-corrected chi connectivity index (χ3v) is 4.00. The average Bonchev–Trinajstić information content (AvgIpc) is 2.57. The second kappa shape index (κ2) is 8.68. The number of carboxylic acid groups (broad SMARTS) is 1. The van der Waals surface area contributed by atoms with Gasteiger partial charge in [-0.2, -0.15) is 0 Å². The number of anilines is 1. The third-order valence-electron chi connectivity index (χ3n) is 3.61. The largest absolute Gasteiger partial charge is 0.480 e. The molecule has 0 bridgehead atoms. The molecule has 26 heavy (non-hydrogen) atoms. The monoisotopic (exact) mass is 393 g/mol. The van der Waals surface area contributed by atoms with Crippen LogP contribution in [0.3, 0.4) is 0 Å². The molecule has 1 aromatic heterocycles. The van der Waals surface area contributed by atoms with Crippen molar-refractivity contribution < 1.29 is 14.7 Å². The number of H-pyrrole nitrogens is 2. The fourth-order valence-corrected chi connectivity index (χ4v) is 2.67. The maximum absolute atomic E-state index is 12.3. The normalized spacial score (nSPS) is 11.6. The van der Waals surface area contributed by atoms with E-state index in [0.717, 1.165) is 5.56 Å². The quantitative estimate of drug-likeness (QED) is 0.422. The van der Waals surface area contributed by atoms with Gasteiger partial charge in [-0.1, -0.05) is 17.7 Å². The van der Waals surface area contributed by atoms with Gasteiger partial charge in [-0.25, -0.2) is 9.78 Å². The summed E-state index contributed by atoms with van der Waals surface area (Å²) < 4.78 is 0.575. The van der Waals surface area contributed by atoms with Crippen LogP contribution in [0, 0.1) is 16.5 Å². The van der Waals surface area contributed by atoms with Crippen molar-refractivity contribution in [2.24, 2.45) is 0 Å². The lowest BCUT2D eigenvalue weighted by molar-refractivity contribution is -0.138. The number of aromatic nitrogens is 3. The number of carbonyl (C=O) groups is 2. The summed E-state index contributed by atoms with van der Waals surface area (Å²) in [5, 5.41) is 10.6. The summed E-state index contributed by atoms with van der Waals surface area (Å²) in [5.74, 6) is -0.911. The minimum absolute atomic E-state index is 0.0890. The van der Waals surface area contributed by atoms with Gasteiger partial charge in [-0.05, 0) is 50.4 Å². The fourth-order valence-electron chi connectivity index (χ4n) is 2.18. The molecule has 0 saturated heterocycles. The van der Waals surface area contributed by atoms with Gasteiger partial charge >= 0.3 is 5.97 Å². The summed E-state index contributed by atoms with van der Waals surface area (Å²) in [6, 6.07) is 6.27. The number of hydrazine groups is 1. The molecule has 0 fully saturated rings. The second-order valence-electron chi connectivity index (χ2n) is 5.70.